The lowest BCUT2D eigenvalue weighted by molar-refractivity contribution is -0.868. The number of hydrogen-bond donors (Lipinski definition) is 1. The Hall–Kier alpha value is -1.89. The van der Waals surface area contributed by atoms with E-state index >= 15 is 0 Å². The van der Waals surface area contributed by atoms with Crippen molar-refractivity contribution >= 4 is 5.71 Å². The molecule has 1 aromatic heterocycles. The Morgan fingerprint density at radius 3 is 2.25 bits per heavy atom. The molecule has 7 heteroatoms. The maximum absolute atomic E-state index is 12.1. The van der Waals surface area contributed by atoms with E-state index in [1.54, 1.807) is 6.92 Å². The molecule has 1 N–H and O–H groups in total. The van der Waals surface area contributed by atoms with Crippen molar-refractivity contribution in [3.05, 3.63) is 26.4 Å². The van der Waals surface area contributed by atoms with Crippen LogP contribution in [0.4, 0.5) is 0 Å². The number of quaternary nitrogens is 1. The van der Waals surface area contributed by atoms with Gasteiger partial charge in [0, 0.05) is 14.1 Å². The highest BCUT2D eigenvalue weighted by Gasteiger charge is 2.17. The van der Waals surface area contributed by atoms with Crippen LogP contribution >= 0.6 is 0 Å². The van der Waals surface area contributed by atoms with Gasteiger partial charge in [-0.05, 0) is 6.92 Å². The molecule has 1 heterocycles. The number of nitrogens with zero attached hydrogens (tertiary/aromatic N) is 4. The van der Waals surface area contributed by atoms with Gasteiger partial charge in [-0.3, -0.25) is 18.9 Å². The fraction of sp³-hybridized carbons (Fsp3) is 0.615. The third kappa shape index (κ3) is 3.36. The Morgan fingerprint density at radius 1 is 1.20 bits per heavy atom. The second-order valence-electron chi connectivity index (χ2n) is 5.89. The summed E-state index contributed by atoms with van der Waals surface area (Å²) in [4.78, 5) is 28.0. The highest BCUT2D eigenvalue weighted by Crippen LogP contribution is 2.10. The maximum Gasteiger partial charge on any atom is 0.333 e. The Balaban J connectivity index is 3.24. The van der Waals surface area contributed by atoms with Gasteiger partial charge in [0.25, 0.3) is 5.56 Å². The lowest BCUT2D eigenvalue weighted by Gasteiger charge is -2.22. The zero-order chi connectivity index (χ0) is 15.7. The summed E-state index contributed by atoms with van der Waals surface area (Å²) >= 11 is 0. The molecule has 0 atom stereocenters. The van der Waals surface area contributed by atoms with Crippen LogP contribution in [0.5, 0.6) is 5.88 Å². The van der Waals surface area contributed by atoms with Crippen molar-refractivity contribution in [3.8, 4) is 5.88 Å². The van der Waals surface area contributed by atoms with Crippen LogP contribution in [0.25, 0.3) is 0 Å². The molecule has 0 aliphatic carbocycles. The zero-order valence-corrected chi connectivity index (χ0v) is 13.0. The van der Waals surface area contributed by atoms with Crippen molar-refractivity contribution in [1.82, 2.24) is 9.13 Å². The van der Waals surface area contributed by atoms with Crippen LogP contribution in [-0.4, -0.2) is 58.7 Å². The summed E-state index contributed by atoms with van der Waals surface area (Å²) in [5.74, 6) is -0.343. The summed E-state index contributed by atoms with van der Waals surface area (Å²) in [5.41, 5.74) is -0.573. The standard InChI is InChI=1S/C13H22N4O3/c1-9(14-7-8-17(4,5)6)10-11(18)15(2)13(20)16(3)12(10)19/h7-8H2,1-6H3/p+1. The zero-order valence-electron chi connectivity index (χ0n) is 13.0. The highest BCUT2D eigenvalue weighted by atomic mass is 16.3. The lowest BCUT2D eigenvalue weighted by atomic mass is 10.2. The minimum Gasteiger partial charge on any atom is -0.494 e. The third-order valence-electron chi connectivity index (χ3n) is 3.12. The van der Waals surface area contributed by atoms with Crippen molar-refractivity contribution in [2.24, 2.45) is 19.1 Å². The highest BCUT2D eigenvalue weighted by molar-refractivity contribution is 6.00. The predicted molar refractivity (Wildman–Crippen MR) is 78.6 cm³/mol. The molecule has 0 saturated carbocycles. The molecule has 0 aliphatic rings. The number of aromatic nitrogens is 2. The summed E-state index contributed by atoms with van der Waals surface area (Å²) in [7, 11) is 8.95. The van der Waals surface area contributed by atoms with Crippen LogP contribution in [0.2, 0.25) is 0 Å². The van der Waals surface area contributed by atoms with Gasteiger partial charge in [-0.25, -0.2) is 4.79 Å². The van der Waals surface area contributed by atoms with Gasteiger partial charge in [-0.2, -0.15) is 0 Å². The summed E-state index contributed by atoms with van der Waals surface area (Å²) in [6.07, 6.45) is 0. The van der Waals surface area contributed by atoms with Gasteiger partial charge in [-0.15, -0.1) is 0 Å². The van der Waals surface area contributed by atoms with Crippen LogP contribution in [0.1, 0.15) is 12.5 Å². The SMILES string of the molecule is CC(=NCC[N+](C)(C)C)c1c(O)n(C)c(=O)n(C)c1=O. The Kier molecular flexibility index (Phi) is 4.54. The predicted octanol–water partition coefficient (Wildman–Crippen LogP) is -0.695. The Labute approximate surface area is 118 Å². The van der Waals surface area contributed by atoms with E-state index in [4.69, 9.17) is 0 Å². The molecule has 1 aromatic rings. The fourth-order valence-corrected chi connectivity index (χ4v) is 1.75. The van der Waals surface area contributed by atoms with Crippen LogP contribution in [-0.2, 0) is 14.1 Å². The Morgan fingerprint density at radius 2 is 1.75 bits per heavy atom. The third-order valence-corrected chi connectivity index (χ3v) is 3.12. The van der Waals surface area contributed by atoms with Gasteiger partial charge in [0.05, 0.1) is 39.9 Å². The summed E-state index contributed by atoms with van der Waals surface area (Å²) in [5, 5.41) is 9.98. The molecule has 0 bridgehead atoms. The van der Waals surface area contributed by atoms with Gasteiger partial charge < -0.3 is 9.59 Å². The first-order chi connectivity index (χ1) is 9.06. The maximum atomic E-state index is 12.1. The molecule has 0 unspecified atom stereocenters. The van der Waals surface area contributed by atoms with E-state index in [0.29, 0.717) is 12.3 Å². The molecule has 0 saturated heterocycles. The van der Waals surface area contributed by atoms with Crippen molar-refractivity contribution in [3.63, 3.8) is 0 Å². The van der Waals surface area contributed by atoms with Gasteiger partial charge in [0.1, 0.15) is 5.56 Å². The topological polar surface area (TPSA) is 76.6 Å². The first-order valence-corrected chi connectivity index (χ1v) is 6.37. The largest absolute Gasteiger partial charge is 0.494 e. The van der Waals surface area contributed by atoms with Gasteiger partial charge >= 0.3 is 5.69 Å². The number of likely N-dealkylation sites (N-methyl/N-ethyl adjacent to an activating group) is 1. The van der Waals surface area contributed by atoms with E-state index in [-0.39, 0.29) is 11.4 Å². The van der Waals surface area contributed by atoms with E-state index in [0.717, 1.165) is 20.2 Å². The quantitative estimate of drug-likeness (QED) is 0.587. The average molecular weight is 283 g/mol. The van der Waals surface area contributed by atoms with Crippen LogP contribution in [0.15, 0.2) is 14.6 Å². The molecule has 0 spiro atoms. The van der Waals surface area contributed by atoms with Gasteiger partial charge in [0.2, 0.25) is 5.88 Å². The smallest absolute Gasteiger partial charge is 0.333 e. The van der Waals surface area contributed by atoms with E-state index in [2.05, 4.69) is 4.99 Å². The molecular weight excluding hydrogens is 260 g/mol. The van der Waals surface area contributed by atoms with Crippen molar-refractivity contribution in [2.45, 2.75) is 6.92 Å². The summed E-state index contributed by atoms with van der Waals surface area (Å²) < 4.78 is 2.76. The number of aromatic hydroxyl groups is 1. The summed E-state index contributed by atoms with van der Waals surface area (Å²) in [6, 6.07) is 0. The first-order valence-electron chi connectivity index (χ1n) is 6.37. The van der Waals surface area contributed by atoms with Crippen LogP contribution < -0.4 is 11.2 Å². The van der Waals surface area contributed by atoms with Crippen molar-refractivity contribution in [1.29, 1.82) is 0 Å². The molecule has 0 aliphatic heterocycles. The van der Waals surface area contributed by atoms with E-state index < -0.39 is 11.2 Å². The fourth-order valence-electron chi connectivity index (χ4n) is 1.75. The molecule has 1 rings (SSSR count). The molecule has 7 nitrogen and oxygen atoms in total. The molecule has 112 valence electrons. The number of aliphatic imine (C=N–C) groups is 1. The Bertz CT molecular complexity index is 647. The molecule has 0 amide bonds. The van der Waals surface area contributed by atoms with Crippen molar-refractivity contribution < 1.29 is 9.59 Å². The minimum atomic E-state index is -0.560. The average Bonchev–Trinajstić information content (AvgIpc) is 2.32. The molecule has 0 aromatic carbocycles. The number of hydrogen-bond acceptors (Lipinski definition) is 4. The second-order valence-corrected chi connectivity index (χ2v) is 5.89. The minimum absolute atomic E-state index is 0.0796. The summed E-state index contributed by atoms with van der Waals surface area (Å²) in [6.45, 7) is 3.02. The monoisotopic (exact) mass is 283 g/mol. The van der Waals surface area contributed by atoms with E-state index in [1.807, 2.05) is 21.1 Å². The van der Waals surface area contributed by atoms with Gasteiger partial charge in [-0.1, -0.05) is 0 Å². The van der Waals surface area contributed by atoms with Gasteiger partial charge in [0.15, 0.2) is 0 Å². The molecule has 0 fully saturated rings. The number of rotatable bonds is 4. The van der Waals surface area contributed by atoms with Crippen LogP contribution in [0, 0.1) is 0 Å². The van der Waals surface area contributed by atoms with Crippen molar-refractivity contribution in [2.75, 3.05) is 34.2 Å². The second kappa shape index (κ2) is 5.62. The van der Waals surface area contributed by atoms with E-state index in [1.165, 1.54) is 14.1 Å². The lowest BCUT2D eigenvalue weighted by Crippen LogP contribution is -2.40. The normalized spacial score (nSPS) is 12.8. The molecule has 0 radical (unpaired) electrons. The van der Waals surface area contributed by atoms with Crippen LogP contribution in [0.3, 0.4) is 0 Å². The first kappa shape index (κ1) is 16.2. The molecule has 20 heavy (non-hydrogen) atoms. The van der Waals surface area contributed by atoms with E-state index in [9.17, 15) is 14.7 Å². The molecular formula is C13H23N4O3+.